The molecule has 0 saturated heterocycles. The lowest BCUT2D eigenvalue weighted by molar-refractivity contribution is 0.499. The number of hydrogen-bond acceptors (Lipinski definition) is 0. The minimum Gasteiger partial charge on any atom is -0.203 e. The summed E-state index contributed by atoms with van der Waals surface area (Å²) in [5.74, 6) is -3.01. The third-order valence-corrected chi connectivity index (χ3v) is 6.81. The highest BCUT2D eigenvalue weighted by atomic mass is 19.2. The topological polar surface area (TPSA) is 0 Å². The van der Waals surface area contributed by atoms with Crippen molar-refractivity contribution in [3.05, 3.63) is 101 Å². The molecule has 3 aromatic carbocycles. The summed E-state index contributed by atoms with van der Waals surface area (Å²) in [7, 11) is 0. The predicted molar refractivity (Wildman–Crippen MR) is 136 cm³/mol. The predicted octanol–water partition coefficient (Wildman–Crippen LogP) is 9.68. The summed E-state index contributed by atoms with van der Waals surface area (Å²) in [5.41, 5.74) is 2.76. The molecule has 0 aliphatic heterocycles. The van der Waals surface area contributed by atoms with Gasteiger partial charge in [0.1, 0.15) is 0 Å². The van der Waals surface area contributed by atoms with Crippen LogP contribution < -0.4 is 0 Å². The first kappa shape index (κ1) is 25.0. The van der Waals surface area contributed by atoms with Crippen molar-refractivity contribution < 1.29 is 17.6 Å². The second-order valence-electron chi connectivity index (χ2n) is 9.16. The van der Waals surface area contributed by atoms with Crippen LogP contribution in [0.4, 0.5) is 17.6 Å². The minimum absolute atomic E-state index is 0.141. The van der Waals surface area contributed by atoms with E-state index in [1.807, 2.05) is 26.0 Å². The molecule has 0 N–H and O–H groups in total. The van der Waals surface area contributed by atoms with Gasteiger partial charge in [-0.1, -0.05) is 80.1 Å². The van der Waals surface area contributed by atoms with Crippen molar-refractivity contribution in [2.24, 2.45) is 5.92 Å². The van der Waals surface area contributed by atoms with E-state index in [1.165, 1.54) is 0 Å². The Morgan fingerprint density at radius 3 is 1.91 bits per heavy atom. The fraction of sp³-hybridized carbons (Fsp3) is 0.290. The van der Waals surface area contributed by atoms with E-state index in [1.54, 1.807) is 48.5 Å². The first-order valence-corrected chi connectivity index (χ1v) is 12.3. The molecule has 0 bridgehead atoms. The van der Waals surface area contributed by atoms with Gasteiger partial charge in [0.05, 0.1) is 0 Å². The summed E-state index contributed by atoms with van der Waals surface area (Å²) in [6, 6.07) is 12.8. The summed E-state index contributed by atoms with van der Waals surface area (Å²) in [4.78, 5) is 0. The molecule has 0 fully saturated rings. The van der Waals surface area contributed by atoms with E-state index in [9.17, 15) is 8.78 Å². The third-order valence-electron chi connectivity index (χ3n) is 6.81. The highest BCUT2D eigenvalue weighted by molar-refractivity contribution is 5.74. The Labute approximate surface area is 205 Å². The molecule has 0 nitrogen and oxygen atoms in total. The molecule has 0 saturated carbocycles. The van der Waals surface area contributed by atoms with Gasteiger partial charge in [0.25, 0.3) is 0 Å². The number of hydrogen-bond donors (Lipinski definition) is 0. The van der Waals surface area contributed by atoms with Gasteiger partial charge in [-0.05, 0) is 67.2 Å². The third kappa shape index (κ3) is 5.27. The maximum absolute atomic E-state index is 15.1. The molecule has 4 heteroatoms. The number of aryl methyl sites for hydroxylation is 1. The molecular weight excluding hydrogens is 448 g/mol. The fourth-order valence-corrected chi connectivity index (χ4v) is 4.77. The van der Waals surface area contributed by atoms with E-state index < -0.39 is 23.3 Å². The Kier molecular flexibility index (Phi) is 7.90. The number of halogens is 4. The number of benzene rings is 3. The maximum atomic E-state index is 15.1. The molecule has 3 aromatic rings. The van der Waals surface area contributed by atoms with Crippen LogP contribution in [0, 0.1) is 29.2 Å². The van der Waals surface area contributed by atoms with Crippen LogP contribution in [-0.2, 0) is 6.42 Å². The maximum Gasteiger partial charge on any atom is 0.167 e. The Balaban J connectivity index is 1.58. The lowest BCUT2D eigenvalue weighted by Gasteiger charge is -2.20. The van der Waals surface area contributed by atoms with Crippen LogP contribution >= 0.6 is 0 Å². The zero-order valence-corrected chi connectivity index (χ0v) is 20.2. The molecule has 1 atom stereocenters. The second kappa shape index (κ2) is 11.1. The van der Waals surface area contributed by atoms with Crippen LogP contribution in [0.5, 0.6) is 0 Å². The number of allylic oxidation sites excluding steroid dienone is 4. The molecule has 0 amide bonds. The van der Waals surface area contributed by atoms with Crippen molar-refractivity contribution in [1.82, 2.24) is 0 Å². The molecule has 35 heavy (non-hydrogen) atoms. The lowest BCUT2D eigenvalue weighted by atomic mass is 9.85. The summed E-state index contributed by atoms with van der Waals surface area (Å²) in [6.45, 7) is 3.98. The van der Waals surface area contributed by atoms with Gasteiger partial charge >= 0.3 is 0 Å². The van der Waals surface area contributed by atoms with Gasteiger partial charge in [-0.25, -0.2) is 17.6 Å². The molecule has 1 aliphatic carbocycles. The largest absolute Gasteiger partial charge is 0.203 e. The normalized spacial score (nSPS) is 16.1. The van der Waals surface area contributed by atoms with E-state index in [0.717, 1.165) is 31.3 Å². The van der Waals surface area contributed by atoms with E-state index in [2.05, 4.69) is 6.08 Å². The highest BCUT2D eigenvalue weighted by Gasteiger charge is 2.21. The molecule has 4 rings (SSSR count). The molecule has 1 aliphatic rings. The fourth-order valence-electron chi connectivity index (χ4n) is 4.77. The van der Waals surface area contributed by atoms with Gasteiger partial charge in [0, 0.05) is 16.7 Å². The quantitative estimate of drug-likeness (QED) is 0.234. The monoisotopic (exact) mass is 478 g/mol. The standard InChI is InChI=1S/C31H30F4/c1-3-5-7-24-16-17-25(29(33)28(24)32)22-12-14-23(15-13-22)27-19-18-26(30(34)31(27)35)21-10-8-20(6-4-2)9-11-21/h4,6,10,12-20H,3,5,7-9,11H2,1-2H3/b6-4+. The molecule has 0 heterocycles. The Morgan fingerprint density at radius 2 is 1.34 bits per heavy atom. The molecule has 0 radical (unpaired) electrons. The second-order valence-corrected chi connectivity index (χ2v) is 9.16. The molecule has 0 spiro atoms. The zero-order chi connectivity index (χ0) is 24.9. The van der Waals surface area contributed by atoms with E-state index >= 15 is 8.78 Å². The SMILES string of the molecule is C/C=C/C1CC=C(c2ccc(-c3ccc(-c4ccc(CCCC)c(F)c4F)cc3)c(F)c2F)CC1. The van der Waals surface area contributed by atoms with Gasteiger partial charge in [-0.15, -0.1) is 0 Å². The van der Waals surface area contributed by atoms with Crippen LogP contribution in [0.2, 0.25) is 0 Å². The van der Waals surface area contributed by atoms with Crippen molar-refractivity contribution >= 4 is 5.57 Å². The smallest absolute Gasteiger partial charge is 0.167 e. The Bertz CT molecular complexity index is 1250. The van der Waals surface area contributed by atoms with Crippen LogP contribution in [-0.4, -0.2) is 0 Å². The van der Waals surface area contributed by atoms with Crippen molar-refractivity contribution in [3.63, 3.8) is 0 Å². The van der Waals surface area contributed by atoms with Gasteiger partial charge in [-0.2, -0.15) is 0 Å². The van der Waals surface area contributed by atoms with Crippen LogP contribution in [0.1, 0.15) is 57.1 Å². The van der Waals surface area contributed by atoms with Gasteiger partial charge in [0.15, 0.2) is 23.3 Å². The molecule has 1 unspecified atom stereocenters. The summed E-state index contributed by atoms with van der Waals surface area (Å²) in [5, 5.41) is 0. The summed E-state index contributed by atoms with van der Waals surface area (Å²) in [6.07, 6.45) is 10.8. The van der Waals surface area contributed by atoms with Crippen molar-refractivity contribution in [1.29, 1.82) is 0 Å². The van der Waals surface area contributed by atoms with E-state index in [-0.39, 0.29) is 11.1 Å². The highest BCUT2D eigenvalue weighted by Crippen LogP contribution is 2.36. The number of rotatable bonds is 7. The van der Waals surface area contributed by atoms with Crippen LogP contribution in [0.25, 0.3) is 27.8 Å². The lowest BCUT2D eigenvalue weighted by Crippen LogP contribution is -2.05. The van der Waals surface area contributed by atoms with Crippen molar-refractivity contribution in [3.8, 4) is 22.3 Å². The average Bonchev–Trinajstić information content (AvgIpc) is 2.88. The van der Waals surface area contributed by atoms with Crippen LogP contribution in [0.15, 0.2) is 66.8 Å². The molecule has 0 aromatic heterocycles. The van der Waals surface area contributed by atoms with Crippen molar-refractivity contribution in [2.75, 3.05) is 0 Å². The molecular formula is C31H30F4. The van der Waals surface area contributed by atoms with Gasteiger partial charge in [-0.3, -0.25) is 0 Å². The van der Waals surface area contributed by atoms with E-state index in [0.29, 0.717) is 41.0 Å². The Morgan fingerprint density at radius 1 is 0.771 bits per heavy atom. The first-order valence-electron chi connectivity index (χ1n) is 12.3. The van der Waals surface area contributed by atoms with Gasteiger partial charge < -0.3 is 0 Å². The molecule has 182 valence electrons. The summed E-state index contributed by atoms with van der Waals surface area (Å²) < 4.78 is 59.3. The van der Waals surface area contributed by atoms with Crippen molar-refractivity contribution in [2.45, 2.75) is 52.4 Å². The van der Waals surface area contributed by atoms with E-state index in [4.69, 9.17) is 0 Å². The van der Waals surface area contributed by atoms with Gasteiger partial charge in [0.2, 0.25) is 0 Å². The Hall–Kier alpha value is -3.14. The average molecular weight is 479 g/mol. The summed E-state index contributed by atoms with van der Waals surface area (Å²) >= 11 is 0. The number of unbranched alkanes of at least 4 members (excludes halogenated alkanes) is 1. The first-order chi connectivity index (χ1) is 16.9. The van der Waals surface area contributed by atoms with Crippen LogP contribution in [0.3, 0.4) is 0 Å². The zero-order valence-electron chi connectivity index (χ0n) is 20.2. The minimum atomic E-state index is -0.899.